The fraction of sp³-hybridized carbons (Fsp3) is 0.632. The second kappa shape index (κ2) is 6.45. The second-order valence-electron chi connectivity index (χ2n) is 7.69. The molecule has 1 aromatic carbocycles. The predicted molar refractivity (Wildman–Crippen MR) is 95.1 cm³/mol. The Hall–Kier alpha value is -1.06. The monoisotopic (exact) mass is 334 g/mol. The van der Waals surface area contributed by atoms with Crippen molar-refractivity contribution in [1.82, 2.24) is 10.2 Å². The van der Waals surface area contributed by atoms with Crippen LogP contribution in [0.4, 0.5) is 0 Å². The standard InChI is InChI=1S/C19H26N2O.ClH/c1-12(2)13-3-5-14(6-4-13)17-7-18(17)19(22)21-10-15-8-20-9-16(15)11-21;/h3-6,12,15-18,20H,7-11H2,1-2H3;1H/t15-,16+,17?,18?;. The number of carbonyl (C=O) groups excluding carboxylic acids is 1. The first-order valence-corrected chi connectivity index (χ1v) is 8.73. The third-order valence-electron chi connectivity index (χ3n) is 5.84. The Morgan fingerprint density at radius 2 is 1.74 bits per heavy atom. The normalized spacial score (nSPS) is 31.9. The number of halogens is 1. The van der Waals surface area contributed by atoms with Gasteiger partial charge in [0.2, 0.25) is 5.91 Å². The number of nitrogens with zero attached hydrogens (tertiary/aromatic N) is 1. The predicted octanol–water partition coefficient (Wildman–Crippen LogP) is 3.01. The van der Waals surface area contributed by atoms with E-state index in [0.717, 1.165) is 32.6 Å². The van der Waals surface area contributed by atoms with Crippen molar-refractivity contribution in [1.29, 1.82) is 0 Å². The third-order valence-corrected chi connectivity index (χ3v) is 5.84. The maximum absolute atomic E-state index is 12.7. The average molecular weight is 335 g/mol. The smallest absolute Gasteiger partial charge is 0.226 e. The first-order chi connectivity index (χ1) is 10.6. The molecule has 2 heterocycles. The molecule has 4 rings (SSSR count). The van der Waals surface area contributed by atoms with Crippen molar-refractivity contribution in [2.45, 2.75) is 32.1 Å². The van der Waals surface area contributed by atoms with Crippen molar-refractivity contribution in [2.75, 3.05) is 26.2 Å². The molecule has 0 aromatic heterocycles. The van der Waals surface area contributed by atoms with Gasteiger partial charge in [-0.05, 0) is 41.2 Å². The Balaban J connectivity index is 0.00000156. The van der Waals surface area contributed by atoms with Crippen LogP contribution in [0.15, 0.2) is 24.3 Å². The maximum Gasteiger partial charge on any atom is 0.226 e. The number of carbonyl (C=O) groups is 1. The molecule has 126 valence electrons. The first kappa shape index (κ1) is 16.8. The zero-order valence-electron chi connectivity index (χ0n) is 14.0. The zero-order valence-corrected chi connectivity index (χ0v) is 14.8. The topological polar surface area (TPSA) is 32.3 Å². The minimum absolute atomic E-state index is 0. The van der Waals surface area contributed by atoms with E-state index in [1.54, 1.807) is 0 Å². The van der Waals surface area contributed by atoms with Crippen molar-refractivity contribution < 1.29 is 4.79 Å². The molecule has 1 saturated carbocycles. The van der Waals surface area contributed by atoms with Gasteiger partial charge >= 0.3 is 0 Å². The highest BCUT2D eigenvalue weighted by molar-refractivity contribution is 5.85. The largest absolute Gasteiger partial charge is 0.342 e. The summed E-state index contributed by atoms with van der Waals surface area (Å²) in [6, 6.07) is 8.92. The number of benzene rings is 1. The molecule has 1 N–H and O–H groups in total. The van der Waals surface area contributed by atoms with Crippen molar-refractivity contribution in [3.63, 3.8) is 0 Å². The molecule has 1 amide bonds. The van der Waals surface area contributed by atoms with Crippen LogP contribution < -0.4 is 5.32 Å². The highest BCUT2D eigenvalue weighted by Gasteiger charge is 2.48. The summed E-state index contributed by atoms with van der Waals surface area (Å²) in [5.74, 6) is 3.09. The number of hydrogen-bond donors (Lipinski definition) is 1. The summed E-state index contributed by atoms with van der Waals surface area (Å²) >= 11 is 0. The minimum atomic E-state index is 0. The van der Waals surface area contributed by atoms with Crippen LogP contribution in [-0.2, 0) is 4.79 Å². The summed E-state index contributed by atoms with van der Waals surface area (Å²) in [5, 5.41) is 3.44. The lowest BCUT2D eigenvalue weighted by Crippen LogP contribution is -2.33. The van der Waals surface area contributed by atoms with Gasteiger partial charge in [0.15, 0.2) is 0 Å². The summed E-state index contributed by atoms with van der Waals surface area (Å²) < 4.78 is 0. The lowest BCUT2D eigenvalue weighted by molar-refractivity contribution is -0.131. The van der Waals surface area contributed by atoms with E-state index < -0.39 is 0 Å². The quantitative estimate of drug-likeness (QED) is 0.921. The molecular weight excluding hydrogens is 308 g/mol. The Bertz CT molecular complexity index is 559. The van der Waals surface area contributed by atoms with Gasteiger partial charge in [-0.1, -0.05) is 38.1 Å². The van der Waals surface area contributed by atoms with Crippen LogP contribution in [0.1, 0.15) is 43.2 Å². The van der Waals surface area contributed by atoms with Crippen LogP contribution in [0.3, 0.4) is 0 Å². The number of rotatable bonds is 3. The SMILES string of the molecule is CC(C)c1ccc(C2CC2C(=O)N2C[C@H]3CNC[C@H]3C2)cc1.Cl. The summed E-state index contributed by atoms with van der Waals surface area (Å²) in [4.78, 5) is 14.8. The van der Waals surface area contributed by atoms with Gasteiger partial charge in [0, 0.05) is 32.1 Å². The van der Waals surface area contributed by atoms with Crippen LogP contribution in [0.2, 0.25) is 0 Å². The van der Waals surface area contributed by atoms with E-state index in [-0.39, 0.29) is 18.3 Å². The van der Waals surface area contributed by atoms with Crippen LogP contribution in [0, 0.1) is 17.8 Å². The molecule has 0 radical (unpaired) electrons. The van der Waals surface area contributed by atoms with Crippen molar-refractivity contribution >= 4 is 18.3 Å². The molecular formula is C19H27ClN2O. The maximum atomic E-state index is 12.7. The molecule has 2 saturated heterocycles. The molecule has 2 unspecified atom stereocenters. The molecule has 4 heteroatoms. The molecule has 3 aliphatic rings. The Morgan fingerprint density at radius 3 is 2.30 bits per heavy atom. The Morgan fingerprint density at radius 1 is 1.13 bits per heavy atom. The van der Waals surface area contributed by atoms with Gasteiger partial charge < -0.3 is 10.2 Å². The fourth-order valence-corrected chi connectivity index (χ4v) is 4.23. The molecule has 3 fully saturated rings. The molecule has 0 spiro atoms. The van der Waals surface area contributed by atoms with Gasteiger partial charge in [-0.3, -0.25) is 4.79 Å². The first-order valence-electron chi connectivity index (χ1n) is 8.73. The average Bonchev–Trinajstić information content (AvgIpc) is 3.02. The molecule has 2 aliphatic heterocycles. The number of amides is 1. The molecule has 1 aromatic rings. The molecule has 3 nitrogen and oxygen atoms in total. The van der Waals surface area contributed by atoms with Gasteiger partial charge in [0.25, 0.3) is 0 Å². The van der Waals surface area contributed by atoms with Gasteiger partial charge in [-0.2, -0.15) is 0 Å². The van der Waals surface area contributed by atoms with Crippen LogP contribution in [-0.4, -0.2) is 37.0 Å². The highest BCUT2D eigenvalue weighted by atomic mass is 35.5. The summed E-state index contributed by atoms with van der Waals surface area (Å²) in [6.07, 6.45) is 1.05. The van der Waals surface area contributed by atoms with Gasteiger partial charge in [-0.25, -0.2) is 0 Å². The van der Waals surface area contributed by atoms with E-state index in [9.17, 15) is 4.79 Å². The highest BCUT2D eigenvalue weighted by Crippen LogP contribution is 2.49. The van der Waals surface area contributed by atoms with Crippen LogP contribution >= 0.6 is 12.4 Å². The van der Waals surface area contributed by atoms with E-state index >= 15 is 0 Å². The number of nitrogens with one attached hydrogen (secondary N) is 1. The van der Waals surface area contributed by atoms with E-state index in [4.69, 9.17) is 0 Å². The van der Waals surface area contributed by atoms with E-state index in [1.807, 2.05) is 0 Å². The Kier molecular flexibility index (Phi) is 4.70. The number of hydrogen-bond acceptors (Lipinski definition) is 2. The Labute approximate surface area is 145 Å². The lowest BCUT2D eigenvalue weighted by atomic mass is 10.00. The van der Waals surface area contributed by atoms with Crippen LogP contribution in [0.25, 0.3) is 0 Å². The van der Waals surface area contributed by atoms with E-state index in [1.165, 1.54) is 11.1 Å². The molecule has 23 heavy (non-hydrogen) atoms. The third kappa shape index (κ3) is 3.14. The van der Waals surface area contributed by atoms with Crippen LogP contribution in [0.5, 0.6) is 0 Å². The summed E-state index contributed by atoms with van der Waals surface area (Å²) in [7, 11) is 0. The zero-order chi connectivity index (χ0) is 15.3. The number of likely N-dealkylation sites (tertiary alicyclic amines) is 1. The van der Waals surface area contributed by atoms with E-state index in [0.29, 0.717) is 29.6 Å². The molecule has 1 aliphatic carbocycles. The van der Waals surface area contributed by atoms with Gasteiger partial charge in [-0.15, -0.1) is 12.4 Å². The summed E-state index contributed by atoms with van der Waals surface area (Å²) in [5.41, 5.74) is 2.73. The fourth-order valence-electron chi connectivity index (χ4n) is 4.23. The van der Waals surface area contributed by atoms with Gasteiger partial charge in [0.1, 0.15) is 0 Å². The van der Waals surface area contributed by atoms with Crippen molar-refractivity contribution in [3.05, 3.63) is 35.4 Å². The minimum Gasteiger partial charge on any atom is -0.342 e. The number of fused-ring (bicyclic) bond motifs is 1. The van der Waals surface area contributed by atoms with Crippen molar-refractivity contribution in [3.8, 4) is 0 Å². The van der Waals surface area contributed by atoms with Gasteiger partial charge in [0.05, 0.1) is 0 Å². The lowest BCUT2D eigenvalue weighted by Gasteiger charge is -2.17. The summed E-state index contributed by atoms with van der Waals surface area (Å²) in [6.45, 7) is 8.59. The van der Waals surface area contributed by atoms with Crippen molar-refractivity contribution in [2.24, 2.45) is 17.8 Å². The second-order valence-corrected chi connectivity index (χ2v) is 7.69. The van der Waals surface area contributed by atoms with E-state index in [2.05, 4.69) is 48.3 Å². The molecule has 0 bridgehead atoms. The molecule has 4 atom stereocenters.